The molecule has 1 heterocycles. The second-order valence-corrected chi connectivity index (χ2v) is 3.08. The summed E-state index contributed by atoms with van der Waals surface area (Å²) in [5.41, 5.74) is 0. The summed E-state index contributed by atoms with van der Waals surface area (Å²) in [6.07, 6.45) is -11.7. The zero-order chi connectivity index (χ0) is 11.0. The molecule has 0 amide bonds. The van der Waals surface area contributed by atoms with Gasteiger partial charge in [-0.25, -0.2) is 13.2 Å². The van der Waals surface area contributed by atoms with Gasteiger partial charge in [0.1, 0.15) is 6.10 Å². The first-order valence-corrected chi connectivity index (χ1v) is 3.96. The largest absolute Gasteiger partial charge is 0.425 e. The quantitative estimate of drug-likeness (QED) is 0.652. The van der Waals surface area contributed by atoms with Crippen LogP contribution in [0.4, 0.5) is 26.3 Å². The molecule has 84 valence electrons. The fourth-order valence-corrected chi connectivity index (χ4v) is 1.26. The van der Waals surface area contributed by atoms with Gasteiger partial charge in [0.05, 0.1) is 0 Å². The Kier molecular flexibility index (Phi) is 2.99. The third-order valence-electron chi connectivity index (χ3n) is 1.98. The molecule has 0 aromatic carbocycles. The maximum Gasteiger partial charge on any atom is 0.425 e. The van der Waals surface area contributed by atoms with Crippen molar-refractivity contribution < 1.29 is 31.1 Å². The first kappa shape index (κ1) is 11.6. The number of halogens is 6. The van der Waals surface area contributed by atoms with Gasteiger partial charge in [-0.15, -0.1) is 0 Å². The Morgan fingerprint density at radius 3 is 2.07 bits per heavy atom. The minimum atomic E-state index is -5.55. The summed E-state index contributed by atoms with van der Waals surface area (Å²) in [6.45, 7) is -0.0508. The maximum atomic E-state index is 12.8. The van der Waals surface area contributed by atoms with E-state index in [1.807, 2.05) is 0 Å². The molecule has 1 fully saturated rings. The van der Waals surface area contributed by atoms with Crippen molar-refractivity contribution >= 4 is 0 Å². The number of hydrogen-bond acceptors (Lipinski definition) is 1. The monoisotopic (exact) mass is 222 g/mol. The average molecular weight is 222 g/mol. The van der Waals surface area contributed by atoms with Crippen molar-refractivity contribution in [1.82, 2.24) is 0 Å². The van der Waals surface area contributed by atoms with Crippen LogP contribution in [-0.2, 0) is 4.74 Å². The highest BCUT2D eigenvalue weighted by atomic mass is 19.4. The third-order valence-corrected chi connectivity index (χ3v) is 1.98. The fraction of sp³-hybridized carbons (Fsp3) is 1.00. The Morgan fingerprint density at radius 1 is 1.14 bits per heavy atom. The molecule has 0 spiro atoms. The normalized spacial score (nSPS) is 26.6. The molecular weight excluding hydrogens is 214 g/mol. The first-order valence-electron chi connectivity index (χ1n) is 3.96. The smallest absolute Gasteiger partial charge is 0.372 e. The van der Waals surface area contributed by atoms with E-state index in [4.69, 9.17) is 0 Å². The lowest BCUT2D eigenvalue weighted by Gasteiger charge is -2.26. The van der Waals surface area contributed by atoms with Crippen LogP contribution in [0.1, 0.15) is 12.8 Å². The molecule has 1 rings (SSSR count). The van der Waals surface area contributed by atoms with E-state index < -0.39 is 24.4 Å². The van der Waals surface area contributed by atoms with Crippen LogP contribution in [0.25, 0.3) is 0 Å². The zero-order valence-corrected chi connectivity index (χ0v) is 6.95. The van der Waals surface area contributed by atoms with Crippen molar-refractivity contribution in [2.75, 3.05) is 6.61 Å². The molecular formula is C7H8F6O. The summed E-state index contributed by atoms with van der Waals surface area (Å²) in [5.74, 6) is -4.49. The van der Waals surface area contributed by atoms with Gasteiger partial charge >= 0.3 is 12.1 Å². The van der Waals surface area contributed by atoms with Gasteiger partial charge in [-0.05, 0) is 12.8 Å². The Balaban J connectivity index is 2.72. The van der Waals surface area contributed by atoms with Gasteiger partial charge in [-0.3, -0.25) is 0 Å². The molecule has 0 radical (unpaired) electrons. The van der Waals surface area contributed by atoms with Crippen LogP contribution in [0.15, 0.2) is 0 Å². The third kappa shape index (κ3) is 2.13. The number of rotatable bonds is 2. The molecule has 0 unspecified atom stereocenters. The van der Waals surface area contributed by atoms with Crippen molar-refractivity contribution in [1.29, 1.82) is 0 Å². The maximum absolute atomic E-state index is 12.8. The molecule has 0 N–H and O–H groups in total. The van der Waals surface area contributed by atoms with Crippen LogP contribution in [0.2, 0.25) is 0 Å². The first-order chi connectivity index (χ1) is 6.26. The second-order valence-electron chi connectivity index (χ2n) is 3.08. The highest BCUT2D eigenvalue weighted by Gasteiger charge is 2.61. The molecule has 1 nitrogen and oxygen atoms in total. The van der Waals surface area contributed by atoms with Crippen molar-refractivity contribution in [2.45, 2.75) is 37.2 Å². The molecule has 0 saturated carbocycles. The standard InChI is InChI=1S/C7H8F6O/c8-5(7(11,12)13)6(9,10)4-2-1-3-14-4/h4-5H,1-3H2/t4-,5+/m1/s1. The number of hydrogen-bond donors (Lipinski definition) is 0. The molecule has 1 saturated heterocycles. The molecule has 1 aliphatic rings. The Morgan fingerprint density at radius 2 is 1.71 bits per heavy atom. The predicted octanol–water partition coefficient (Wildman–Crippen LogP) is 2.70. The lowest BCUT2D eigenvalue weighted by molar-refractivity contribution is -0.267. The summed E-state index contributed by atoms with van der Waals surface area (Å²) in [5, 5.41) is 0. The lowest BCUT2D eigenvalue weighted by Crippen LogP contribution is -2.49. The summed E-state index contributed by atoms with van der Waals surface area (Å²) in [7, 11) is 0. The highest BCUT2D eigenvalue weighted by molar-refractivity contribution is 4.91. The number of ether oxygens (including phenoxy) is 1. The molecule has 2 atom stereocenters. The van der Waals surface area contributed by atoms with E-state index in [9.17, 15) is 26.3 Å². The lowest BCUT2D eigenvalue weighted by atomic mass is 10.0. The number of alkyl halides is 6. The minimum Gasteiger partial charge on any atom is -0.372 e. The zero-order valence-electron chi connectivity index (χ0n) is 6.95. The highest BCUT2D eigenvalue weighted by Crippen LogP contribution is 2.40. The molecule has 14 heavy (non-hydrogen) atoms. The van der Waals surface area contributed by atoms with E-state index in [-0.39, 0.29) is 19.4 Å². The van der Waals surface area contributed by atoms with E-state index in [0.29, 0.717) is 0 Å². The summed E-state index contributed by atoms with van der Waals surface area (Å²) in [6, 6.07) is 0. The molecule has 7 heteroatoms. The summed E-state index contributed by atoms with van der Waals surface area (Å²) < 4.78 is 77.4. The van der Waals surface area contributed by atoms with Crippen molar-refractivity contribution in [2.24, 2.45) is 0 Å². The molecule has 1 aliphatic heterocycles. The van der Waals surface area contributed by atoms with E-state index in [1.165, 1.54) is 0 Å². The van der Waals surface area contributed by atoms with E-state index >= 15 is 0 Å². The van der Waals surface area contributed by atoms with Crippen molar-refractivity contribution in [3.63, 3.8) is 0 Å². The molecule has 0 aromatic heterocycles. The predicted molar refractivity (Wildman–Crippen MR) is 34.9 cm³/mol. The van der Waals surface area contributed by atoms with E-state index in [2.05, 4.69) is 4.74 Å². The van der Waals surface area contributed by atoms with Crippen LogP contribution in [0.5, 0.6) is 0 Å². The molecule has 0 bridgehead atoms. The van der Waals surface area contributed by atoms with Gasteiger partial charge in [-0.2, -0.15) is 13.2 Å². The molecule has 0 aromatic rings. The van der Waals surface area contributed by atoms with Gasteiger partial charge in [0.15, 0.2) is 0 Å². The van der Waals surface area contributed by atoms with Crippen LogP contribution in [0.3, 0.4) is 0 Å². The van der Waals surface area contributed by atoms with Gasteiger partial charge < -0.3 is 4.74 Å². The van der Waals surface area contributed by atoms with Crippen LogP contribution in [-0.4, -0.2) is 31.0 Å². The van der Waals surface area contributed by atoms with E-state index in [0.717, 1.165) is 0 Å². The minimum absolute atomic E-state index is 0.0508. The van der Waals surface area contributed by atoms with Crippen molar-refractivity contribution in [3.8, 4) is 0 Å². The molecule has 0 aliphatic carbocycles. The SMILES string of the molecule is F[C@H](C(F)(F)F)C(F)(F)[C@H]1CCCO1. The van der Waals surface area contributed by atoms with E-state index in [1.54, 1.807) is 0 Å². The van der Waals surface area contributed by atoms with Gasteiger partial charge in [0.2, 0.25) is 0 Å². The average Bonchev–Trinajstić information content (AvgIpc) is 2.53. The van der Waals surface area contributed by atoms with Crippen LogP contribution >= 0.6 is 0 Å². The van der Waals surface area contributed by atoms with Crippen LogP contribution in [0, 0.1) is 0 Å². The van der Waals surface area contributed by atoms with Crippen molar-refractivity contribution in [3.05, 3.63) is 0 Å². The Hall–Kier alpha value is -0.460. The Labute approximate surface area is 76.0 Å². The fourth-order valence-electron chi connectivity index (χ4n) is 1.26. The summed E-state index contributed by atoms with van der Waals surface area (Å²) >= 11 is 0. The second kappa shape index (κ2) is 3.60. The Bertz CT molecular complexity index is 195. The summed E-state index contributed by atoms with van der Waals surface area (Å²) in [4.78, 5) is 0. The van der Waals surface area contributed by atoms with Gasteiger partial charge in [0, 0.05) is 6.61 Å². The van der Waals surface area contributed by atoms with Crippen LogP contribution < -0.4 is 0 Å². The topological polar surface area (TPSA) is 9.23 Å². The van der Waals surface area contributed by atoms with Gasteiger partial charge in [-0.1, -0.05) is 0 Å². The van der Waals surface area contributed by atoms with Gasteiger partial charge in [0.25, 0.3) is 6.17 Å².